The monoisotopic (exact) mass is 648 g/mol. The Morgan fingerprint density at radius 1 is 0.625 bits per heavy atom. The largest absolute Gasteiger partial charge is 0.508 e. The van der Waals surface area contributed by atoms with Crippen molar-refractivity contribution in [2.45, 2.75) is 103 Å². The second-order valence-corrected chi connectivity index (χ2v) is 15.9. The van der Waals surface area contributed by atoms with Crippen molar-refractivity contribution in [3.8, 4) is 23.0 Å². The van der Waals surface area contributed by atoms with Crippen LogP contribution in [-0.2, 0) is 10.8 Å². The van der Waals surface area contributed by atoms with Crippen LogP contribution < -0.4 is 0 Å². The van der Waals surface area contributed by atoms with E-state index in [4.69, 9.17) is 0 Å². The molecule has 0 heterocycles. The summed E-state index contributed by atoms with van der Waals surface area (Å²) < 4.78 is 0. The molecule has 4 heteroatoms. The zero-order chi connectivity index (χ0) is 34.6. The van der Waals surface area contributed by atoms with Crippen LogP contribution in [0.3, 0.4) is 0 Å². The van der Waals surface area contributed by atoms with Crippen LogP contribution in [0.5, 0.6) is 23.0 Å². The van der Waals surface area contributed by atoms with Crippen LogP contribution >= 0.6 is 0 Å². The highest BCUT2D eigenvalue weighted by molar-refractivity contribution is 5.36. The average molecular weight is 649 g/mol. The summed E-state index contributed by atoms with van der Waals surface area (Å²) >= 11 is 0. The van der Waals surface area contributed by atoms with Crippen molar-refractivity contribution in [2.75, 3.05) is 0 Å². The van der Waals surface area contributed by atoms with E-state index in [9.17, 15) is 20.4 Å². The molecule has 6 atom stereocenters. The number of phenolic OH excluding ortho intramolecular Hbond substituents is 4. The lowest BCUT2D eigenvalue weighted by atomic mass is 9.59. The van der Waals surface area contributed by atoms with Crippen LogP contribution in [-0.4, -0.2) is 20.4 Å². The van der Waals surface area contributed by atoms with E-state index in [1.165, 1.54) is 54.4 Å². The molecule has 2 fully saturated rings. The fraction of sp³-hybridized carbons (Fsp3) is 0.455. The smallest absolute Gasteiger partial charge is 0.115 e. The van der Waals surface area contributed by atoms with Crippen LogP contribution in [0.4, 0.5) is 0 Å². The highest BCUT2D eigenvalue weighted by atomic mass is 16.3. The van der Waals surface area contributed by atoms with Crippen molar-refractivity contribution >= 4 is 0 Å². The van der Waals surface area contributed by atoms with Crippen LogP contribution in [0.15, 0.2) is 97.1 Å². The molecule has 0 bridgehead atoms. The first-order valence-electron chi connectivity index (χ1n) is 17.9. The van der Waals surface area contributed by atoms with Gasteiger partial charge in [0.25, 0.3) is 0 Å². The maximum Gasteiger partial charge on any atom is 0.115 e. The molecule has 6 unspecified atom stereocenters. The molecule has 4 aromatic carbocycles. The molecule has 0 amide bonds. The Balaban J connectivity index is 0.000000188. The summed E-state index contributed by atoms with van der Waals surface area (Å²) in [6.45, 7) is 14.0. The second-order valence-electron chi connectivity index (χ2n) is 15.9. The number of hydrogen-bond donors (Lipinski definition) is 4. The first kappa shape index (κ1) is 35.4. The van der Waals surface area contributed by atoms with Crippen molar-refractivity contribution in [1.82, 2.24) is 0 Å². The molecule has 0 radical (unpaired) electrons. The van der Waals surface area contributed by atoms with Gasteiger partial charge in [0.2, 0.25) is 0 Å². The summed E-state index contributed by atoms with van der Waals surface area (Å²) in [4.78, 5) is 0. The molecule has 6 rings (SSSR count). The van der Waals surface area contributed by atoms with Gasteiger partial charge in [-0.3, -0.25) is 0 Å². The molecular formula is C44H56O4. The summed E-state index contributed by atoms with van der Waals surface area (Å²) in [6.07, 6.45) is 7.13. The van der Waals surface area contributed by atoms with Gasteiger partial charge in [-0.2, -0.15) is 0 Å². The molecule has 0 saturated heterocycles. The van der Waals surface area contributed by atoms with Crippen molar-refractivity contribution in [1.29, 1.82) is 0 Å². The highest BCUT2D eigenvalue weighted by Gasteiger charge is 2.41. The molecule has 4 nitrogen and oxygen atoms in total. The molecule has 48 heavy (non-hydrogen) atoms. The maximum atomic E-state index is 9.61. The normalized spacial score (nSPS) is 26.0. The zero-order valence-electron chi connectivity index (χ0n) is 29.7. The van der Waals surface area contributed by atoms with Gasteiger partial charge in [0.05, 0.1) is 0 Å². The zero-order valence-corrected chi connectivity index (χ0v) is 29.7. The van der Waals surface area contributed by atoms with Gasteiger partial charge in [0.15, 0.2) is 0 Å². The molecule has 2 aliphatic carbocycles. The SMILES string of the molecule is CC(C)C1CCC(C)(c2ccc(O)cc2)CC1c1ccc(O)cc1.CC1CCC(C(C)(C)c2ccc(O)cc2)CC1c1ccc(O)cc1. The van der Waals surface area contributed by atoms with Crippen molar-refractivity contribution in [2.24, 2.45) is 23.7 Å². The van der Waals surface area contributed by atoms with Crippen LogP contribution in [0, 0.1) is 23.7 Å². The minimum Gasteiger partial charge on any atom is -0.508 e. The molecule has 256 valence electrons. The van der Waals surface area contributed by atoms with Gasteiger partial charge in [-0.25, -0.2) is 0 Å². The molecule has 4 N–H and O–H groups in total. The van der Waals surface area contributed by atoms with Crippen LogP contribution in [0.2, 0.25) is 0 Å². The summed E-state index contributed by atoms with van der Waals surface area (Å²) in [5, 5.41) is 38.3. The fourth-order valence-corrected chi connectivity index (χ4v) is 8.73. The summed E-state index contributed by atoms with van der Waals surface area (Å²) in [7, 11) is 0. The number of benzene rings is 4. The average Bonchev–Trinajstić information content (AvgIpc) is 3.06. The number of rotatable bonds is 6. The van der Waals surface area contributed by atoms with Crippen molar-refractivity contribution < 1.29 is 20.4 Å². The van der Waals surface area contributed by atoms with E-state index in [1.807, 2.05) is 0 Å². The van der Waals surface area contributed by atoms with E-state index in [0.717, 1.165) is 6.42 Å². The molecular weight excluding hydrogens is 592 g/mol. The third-order valence-corrected chi connectivity index (χ3v) is 12.1. The Kier molecular flexibility index (Phi) is 10.8. The van der Waals surface area contributed by atoms with E-state index < -0.39 is 0 Å². The fourth-order valence-electron chi connectivity index (χ4n) is 8.73. The molecule has 0 aliphatic heterocycles. The third kappa shape index (κ3) is 8.02. The molecule has 0 aromatic heterocycles. The van der Waals surface area contributed by atoms with E-state index in [0.29, 0.717) is 58.5 Å². The standard InChI is InChI=1S/2C22H28O2/c1-15(2)20-12-13-22(3,17-6-10-19(24)11-7-17)14-21(20)16-4-8-18(23)9-5-16;1-15-4-7-18(14-21(15)16-5-10-19(23)11-6-16)22(2,3)17-8-12-20(24)13-9-17/h4-11,15,20-21,23-24H,12-14H2,1-3H3;5-6,8-13,15,18,21,23-24H,4,7,14H2,1-3H3. The predicted octanol–water partition coefficient (Wildman–Crippen LogP) is 11.2. The summed E-state index contributed by atoms with van der Waals surface area (Å²) in [6, 6.07) is 31.0. The second kappa shape index (κ2) is 14.7. The Bertz CT molecular complexity index is 1590. The molecule has 4 aromatic rings. The quantitative estimate of drug-likeness (QED) is 0.168. The predicted molar refractivity (Wildman–Crippen MR) is 197 cm³/mol. The first-order valence-corrected chi connectivity index (χ1v) is 17.9. The van der Waals surface area contributed by atoms with E-state index >= 15 is 0 Å². The molecule has 2 aliphatic rings. The minimum absolute atomic E-state index is 0.0863. The van der Waals surface area contributed by atoms with Gasteiger partial charge in [-0.15, -0.1) is 0 Å². The minimum atomic E-state index is 0.0863. The van der Waals surface area contributed by atoms with Gasteiger partial charge in [-0.05, 0) is 156 Å². The maximum absolute atomic E-state index is 9.61. The third-order valence-electron chi connectivity index (χ3n) is 12.1. The van der Waals surface area contributed by atoms with Crippen LogP contribution in [0.25, 0.3) is 0 Å². The van der Waals surface area contributed by atoms with E-state index in [-0.39, 0.29) is 10.8 Å². The Morgan fingerprint density at radius 2 is 1.08 bits per heavy atom. The van der Waals surface area contributed by atoms with Gasteiger partial charge in [0.1, 0.15) is 23.0 Å². The topological polar surface area (TPSA) is 80.9 Å². The number of phenols is 4. The van der Waals surface area contributed by atoms with Crippen molar-refractivity contribution in [3.05, 3.63) is 119 Å². The Morgan fingerprint density at radius 3 is 1.58 bits per heavy atom. The van der Waals surface area contributed by atoms with E-state index in [2.05, 4.69) is 90.1 Å². The van der Waals surface area contributed by atoms with Gasteiger partial charge < -0.3 is 20.4 Å². The molecule has 0 spiro atoms. The van der Waals surface area contributed by atoms with Crippen molar-refractivity contribution in [3.63, 3.8) is 0 Å². The lowest BCUT2D eigenvalue weighted by Gasteiger charge is -2.45. The van der Waals surface area contributed by atoms with Gasteiger partial charge >= 0.3 is 0 Å². The lowest BCUT2D eigenvalue weighted by molar-refractivity contribution is 0.170. The van der Waals surface area contributed by atoms with E-state index in [1.54, 1.807) is 48.5 Å². The van der Waals surface area contributed by atoms with Crippen LogP contribution in [0.1, 0.15) is 114 Å². The summed E-state index contributed by atoms with van der Waals surface area (Å²) in [5.74, 6) is 4.95. The van der Waals surface area contributed by atoms with Gasteiger partial charge in [0, 0.05) is 0 Å². The van der Waals surface area contributed by atoms with Gasteiger partial charge in [-0.1, -0.05) is 90.1 Å². The summed E-state index contributed by atoms with van der Waals surface area (Å²) in [5.41, 5.74) is 5.49. The number of aromatic hydroxyl groups is 4. The Hall–Kier alpha value is -3.92. The lowest BCUT2D eigenvalue weighted by Crippen LogP contribution is -2.35. The Labute approximate surface area is 288 Å². The number of hydrogen-bond acceptors (Lipinski definition) is 4. The first-order chi connectivity index (χ1) is 22.8. The highest BCUT2D eigenvalue weighted by Crippen LogP contribution is 2.51. The molecule has 2 saturated carbocycles.